The Kier molecular flexibility index (Phi) is 33.4. The molecule has 0 bridgehead atoms. The van der Waals surface area contributed by atoms with Crippen molar-refractivity contribution in [2.75, 3.05) is 0 Å². The van der Waals surface area contributed by atoms with Crippen molar-refractivity contribution in [1.29, 1.82) is 0 Å². The van der Waals surface area contributed by atoms with E-state index in [-0.39, 0.29) is 81.0 Å². The topological polar surface area (TPSA) is 114 Å². The van der Waals surface area contributed by atoms with E-state index >= 15 is 0 Å². The molecule has 0 amide bonds. The minimum absolute atomic E-state index is 0.00768. The van der Waals surface area contributed by atoms with Crippen LogP contribution in [0.4, 0.5) is 0 Å². The van der Waals surface area contributed by atoms with Gasteiger partial charge >= 0.3 is 23.9 Å². The SMILES string of the molecule is CCC(C)(C)C(=O)OC(C)(C)C1CCC(C)CC1.CCC(C)(C)C(=O)OC(C)(C)C1CCC(C)CC1.CCC(C)(C)c1ccc(OC(C)(C)C)cc1.CCC(C)C(=O)OC1CCC(C(C)(C)C)CC1.CCC(C)C(=O)OC1CCC(C(C)(C)C)CC1. The van der Waals surface area contributed by atoms with Crippen LogP contribution >= 0.6 is 0 Å². The van der Waals surface area contributed by atoms with Crippen LogP contribution in [0.3, 0.4) is 0 Å². The van der Waals surface area contributed by atoms with E-state index < -0.39 is 0 Å². The van der Waals surface area contributed by atoms with Gasteiger partial charge in [-0.25, -0.2) is 0 Å². The smallest absolute Gasteiger partial charge is 0.312 e. The maximum absolute atomic E-state index is 12.2. The lowest BCUT2D eigenvalue weighted by atomic mass is 9.72. The Morgan fingerprint density at radius 3 is 0.953 bits per heavy atom. The van der Waals surface area contributed by atoms with Crippen LogP contribution in [0.25, 0.3) is 0 Å². The number of benzene rings is 1. The van der Waals surface area contributed by atoms with Crippen LogP contribution in [0.2, 0.25) is 0 Å². The molecule has 2 atom stereocenters. The average molecular weight is 1210 g/mol. The predicted molar refractivity (Wildman–Crippen MR) is 362 cm³/mol. The quantitative estimate of drug-likeness (QED) is 0.111. The maximum atomic E-state index is 12.2. The first-order valence-corrected chi connectivity index (χ1v) is 35.0. The lowest BCUT2D eigenvalue weighted by molar-refractivity contribution is -0.175. The molecule has 502 valence electrons. The molecule has 0 aliphatic heterocycles. The van der Waals surface area contributed by atoms with Crippen LogP contribution in [0.5, 0.6) is 5.75 Å². The van der Waals surface area contributed by atoms with Gasteiger partial charge in [-0.1, -0.05) is 156 Å². The molecule has 0 saturated heterocycles. The Morgan fingerprint density at radius 2 is 0.709 bits per heavy atom. The number of hydrogen-bond donors (Lipinski definition) is 0. The summed E-state index contributed by atoms with van der Waals surface area (Å²) < 4.78 is 28.6. The van der Waals surface area contributed by atoms with Crippen molar-refractivity contribution in [3.8, 4) is 5.75 Å². The first kappa shape index (κ1) is 80.9. The monoisotopic (exact) mass is 1210 g/mol. The normalized spacial score (nSPS) is 24.1. The van der Waals surface area contributed by atoms with Crippen LogP contribution in [0.15, 0.2) is 24.3 Å². The van der Waals surface area contributed by atoms with Crippen LogP contribution in [0.1, 0.15) is 334 Å². The molecule has 1 aromatic rings. The van der Waals surface area contributed by atoms with E-state index in [2.05, 4.69) is 149 Å². The fraction of sp³-hybridized carbons (Fsp3) is 0.870. The van der Waals surface area contributed by atoms with E-state index in [0.29, 0.717) is 22.7 Å². The summed E-state index contributed by atoms with van der Waals surface area (Å²) in [5.74, 6) is 5.20. The molecular weight excluding hydrogens is 1070 g/mol. The van der Waals surface area contributed by atoms with Crippen molar-refractivity contribution in [3.05, 3.63) is 29.8 Å². The van der Waals surface area contributed by atoms with Crippen molar-refractivity contribution in [1.82, 2.24) is 0 Å². The van der Waals surface area contributed by atoms with Gasteiger partial charge in [0, 0.05) is 0 Å². The second kappa shape index (κ2) is 35.5. The summed E-state index contributed by atoms with van der Waals surface area (Å²) in [6.45, 7) is 59.7. The first-order valence-electron chi connectivity index (χ1n) is 35.0. The minimum atomic E-state index is -0.362. The zero-order valence-corrected chi connectivity index (χ0v) is 61.6. The van der Waals surface area contributed by atoms with E-state index in [1.807, 2.05) is 69.2 Å². The summed E-state index contributed by atoms with van der Waals surface area (Å²) in [6.07, 6.45) is 23.7. The van der Waals surface area contributed by atoms with Gasteiger partial charge in [0.2, 0.25) is 0 Å². The second-order valence-corrected chi connectivity index (χ2v) is 33.5. The lowest BCUT2D eigenvalue weighted by Crippen LogP contribution is -2.42. The molecule has 4 aliphatic carbocycles. The molecular formula is C77H140O9. The van der Waals surface area contributed by atoms with Crippen LogP contribution in [-0.2, 0) is 43.5 Å². The fourth-order valence-electron chi connectivity index (χ4n) is 11.6. The summed E-state index contributed by atoms with van der Waals surface area (Å²) in [5, 5.41) is 0. The van der Waals surface area contributed by atoms with Gasteiger partial charge in [-0.05, 0) is 255 Å². The van der Waals surface area contributed by atoms with Gasteiger partial charge in [0.1, 0.15) is 34.8 Å². The van der Waals surface area contributed by atoms with Gasteiger partial charge in [-0.2, -0.15) is 0 Å². The molecule has 5 rings (SSSR count). The number of ether oxygens (including phenoxy) is 5. The zero-order chi connectivity index (χ0) is 66.5. The lowest BCUT2D eigenvalue weighted by Gasteiger charge is -2.39. The molecule has 4 aliphatic rings. The molecule has 9 nitrogen and oxygen atoms in total. The minimum Gasteiger partial charge on any atom is -0.488 e. The zero-order valence-electron chi connectivity index (χ0n) is 61.6. The van der Waals surface area contributed by atoms with E-state index in [0.717, 1.165) is 87.2 Å². The fourth-order valence-corrected chi connectivity index (χ4v) is 11.6. The van der Waals surface area contributed by atoms with Gasteiger partial charge in [-0.15, -0.1) is 0 Å². The van der Waals surface area contributed by atoms with Crippen LogP contribution in [-0.4, -0.2) is 52.9 Å². The standard InChI is InChI=1S/2C16H30O2.2C15H28O2.C15H24O/c2*1-7-15(3,4)14(17)18-16(5,6)13-10-8-12(2)9-11-13;2*1-6-11(2)14(16)17-13-9-7-12(8-10-13)15(3,4)5;1-7-15(5,6)12-8-10-13(11-9-12)16-14(2,3)4/h2*12-13H,7-11H2,1-6H3;2*11-13H,6-10H2,1-5H3;8-11H,7H2,1-6H3. The first-order chi connectivity index (χ1) is 39.3. The van der Waals surface area contributed by atoms with Gasteiger partial charge in [0.15, 0.2) is 0 Å². The summed E-state index contributed by atoms with van der Waals surface area (Å²) in [6, 6.07) is 8.48. The molecule has 9 heteroatoms. The Balaban J connectivity index is 0.000000538. The van der Waals surface area contributed by atoms with Gasteiger partial charge in [0.05, 0.1) is 22.7 Å². The van der Waals surface area contributed by atoms with Crippen molar-refractivity contribution in [3.63, 3.8) is 0 Å². The molecule has 4 saturated carbocycles. The molecule has 0 radical (unpaired) electrons. The number of rotatable bonds is 17. The Labute approximate surface area is 532 Å². The molecule has 0 spiro atoms. The Morgan fingerprint density at radius 1 is 0.419 bits per heavy atom. The summed E-state index contributed by atoms with van der Waals surface area (Å²) in [7, 11) is 0. The van der Waals surface area contributed by atoms with Crippen molar-refractivity contribution < 1.29 is 42.9 Å². The highest BCUT2D eigenvalue weighted by Gasteiger charge is 2.41. The molecule has 86 heavy (non-hydrogen) atoms. The van der Waals surface area contributed by atoms with E-state index in [9.17, 15) is 19.2 Å². The van der Waals surface area contributed by atoms with Gasteiger partial charge in [-0.3, -0.25) is 19.2 Å². The largest absolute Gasteiger partial charge is 0.488 e. The Hall–Kier alpha value is -3.10. The summed E-state index contributed by atoms with van der Waals surface area (Å²) in [4.78, 5) is 47.8. The van der Waals surface area contributed by atoms with Crippen molar-refractivity contribution >= 4 is 23.9 Å². The predicted octanol–water partition coefficient (Wildman–Crippen LogP) is 22.1. The number of carbonyl (C=O) groups excluding carboxylic acids is 4. The highest BCUT2D eigenvalue weighted by molar-refractivity contribution is 5.77. The number of carbonyl (C=O) groups is 4. The van der Waals surface area contributed by atoms with Gasteiger partial charge in [0.25, 0.3) is 0 Å². The number of esters is 4. The van der Waals surface area contributed by atoms with E-state index in [4.69, 9.17) is 23.7 Å². The molecule has 2 unspecified atom stereocenters. The molecule has 0 N–H and O–H groups in total. The highest BCUT2D eigenvalue weighted by Crippen LogP contribution is 2.43. The second-order valence-electron chi connectivity index (χ2n) is 33.5. The van der Waals surface area contributed by atoms with Crippen LogP contribution in [0, 0.1) is 69.0 Å². The summed E-state index contributed by atoms with van der Waals surface area (Å²) in [5.41, 5.74) is 0.932. The third-order valence-electron chi connectivity index (χ3n) is 20.9. The van der Waals surface area contributed by atoms with Gasteiger partial charge < -0.3 is 23.7 Å². The van der Waals surface area contributed by atoms with Crippen LogP contribution < -0.4 is 4.74 Å². The third-order valence-corrected chi connectivity index (χ3v) is 20.9. The third kappa shape index (κ3) is 29.2. The average Bonchev–Trinajstić information content (AvgIpc) is 2.68. The molecule has 4 fully saturated rings. The molecule has 1 aromatic carbocycles. The van der Waals surface area contributed by atoms with E-state index in [1.54, 1.807) is 0 Å². The number of hydrogen-bond acceptors (Lipinski definition) is 9. The Bertz CT molecular complexity index is 1960. The van der Waals surface area contributed by atoms with E-state index in [1.165, 1.54) is 82.6 Å². The molecule has 0 heterocycles. The summed E-state index contributed by atoms with van der Waals surface area (Å²) >= 11 is 0. The maximum Gasteiger partial charge on any atom is 0.312 e. The highest BCUT2D eigenvalue weighted by atomic mass is 16.6. The molecule has 0 aromatic heterocycles. The van der Waals surface area contributed by atoms with Crippen molar-refractivity contribution in [2.45, 2.75) is 363 Å². The van der Waals surface area contributed by atoms with Crippen molar-refractivity contribution in [2.24, 2.45) is 69.0 Å².